The highest BCUT2D eigenvalue weighted by Gasteiger charge is 2.30. The molecular formula is C23H19O6+. The van der Waals surface area contributed by atoms with Crippen LogP contribution in [-0.4, -0.2) is 29.5 Å². The summed E-state index contributed by atoms with van der Waals surface area (Å²) < 4.78 is 17.2. The fourth-order valence-corrected chi connectivity index (χ4v) is 3.29. The average molecular weight is 391 g/mol. The Morgan fingerprint density at radius 2 is 1.41 bits per heavy atom. The molecule has 4 aromatic rings. The summed E-state index contributed by atoms with van der Waals surface area (Å²) in [5.41, 5.74) is 2.42. The van der Waals surface area contributed by atoms with Crippen LogP contribution < -0.4 is 9.47 Å². The van der Waals surface area contributed by atoms with Crippen LogP contribution in [0.2, 0.25) is 0 Å². The van der Waals surface area contributed by atoms with Crippen LogP contribution in [0.4, 0.5) is 0 Å². The van der Waals surface area contributed by atoms with Crippen LogP contribution in [0.1, 0.15) is 0 Å². The number of aromatic hydroxyl groups is 3. The van der Waals surface area contributed by atoms with E-state index < -0.39 is 0 Å². The van der Waals surface area contributed by atoms with E-state index in [2.05, 4.69) is 0 Å². The predicted octanol–water partition coefficient (Wildman–Crippen LogP) is 5.18. The van der Waals surface area contributed by atoms with Crippen LogP contribution >= 0.6 is 0 Å². The number of hydrogen-bond acceptors (Lipinski definition) is 5. The number of rotatable bonds is 4. The summed E-state index contributed by atoms with van der Waals surface area (Å²) >= 11 is 0. The summed E-state index contributed by atoms with van der Waals surface area (Å²) in [6, 6.07) is 17.1. The summed E-state index contributed by atoms with van der Waals surface area (Å²) in [6.07, 6.45) is 0. The molecule has 6 heteroatoms. The third-order valence-corrected chi connectivity index (χ3v) is 4.71. The molecule has 0 aliphatic rings. The Kier molecular flexibility index (Phi) is 4.60. The summed E-state index contributed by atoms with van der Waals surface area (Å²) in [4.78, 5) is 0. The molecule has 3 aromatic carbocycles. The van der Waals surface area contributed by atoms with Crippen LogP contribution in [0.5, 0.6) is 28.7 Å². The third-order valence-electron chi connectivity index (χ3n) is 4.71. The summed E-state index contributed by atoms with van der Waals surface area (Å²) in [5.74, 6) is 0.616. The molecule has 0 aliphatic carbocycles. The minimum Gasteiger partial charge on any atom is -0.507 e. The predicted molar refractivity (Wildman–Crippen MR) is 110 cm³/mol. The first kappa shape index (κ1) is 18.4. The van der Waals surface area contributed by atoms with Gasteiger partial charge in [-0.3, -0.25) is 0 Å². The van der Waals surface area contributed by atoms with Gasteiger partial charge >= 0.3 is 11.3 Å². The Bertz CT molecular complexity index is 1200. The van der Waals surface area contributed by atoms with Crippen molar-refractivity contribution in [2.45, 2.75) is 0 Å². The molecule has 0 bridgehead atoms. The molecule has 3 N–H and O–H groups in total. The van der Waals surface area contributed by atoms with Crippen LogP contribution in [-0.2, 0) is 0 Å². The van der Waals surface area contributed by atoms with Crippen LogP contribution in [0.15, 0.2) is 65.1 Å². The number of ether oxygens (including phenoxy) is 2. The molecular weight excluding hydrogens is 372 g/mol. The summed E-state index contributed by atoms with van der Waals surface area (Å²) in [7, 11) is 3.01. The second-order valence-corrected chi connectivity index (χ2v) is 6.43. The quantitative estimate of drug-likeness (QED) is 0.328. The Morgan fingerprint density at radius 1 is 0.690 bits per heavy atom. The summed E-state index contributed by atoms with van der Waals surface area (Å²) in [6.45, 7) is 0. The van der Waals surface area contributed by atoms with Crippen molar-refractivity contribution in [1.82, 2.24) is 0 Å². The monoisotopic (exact) mass is 391 g/mol. The first-order valence-electron chi connectivity index (χ1n) is 8.86. The zero-order chi connectivity index (χ0) is 20.5. The molecule has 0 saturated heterocycles. The fourth-order valence-electron chi connectivity index (χ4n) is 3.29. The highest BCUT2D eigenvalue weighted by atomic mass is 16.5. The van der Waals surface area contributed by atoms with Gasteiger partial charge in [-0.2, -0.15) is 0 Å². The van der Waals surface area contributed by atoms with Gasteiger partial charge in [0.15, 0.2) is 11.5 Å². The van der Waals surface area contributed by atoms with Gasteiger partial charge in [0.2, 0.25) is 5.75 Å². The lowest BCUT2D eigenvalue weighted by Gasteiger charge is -2.10. The standard InChI is InChI=1S/C23H18O6/c1-27-19-12-17(25)15-11-20(28-2)22(14-8-9-16(24)18(26)10-14)29-23(15)21(19)13-6-4-3-5-7-13/h3-12H,1-2H3,(H2-,24,25,26)/p+1. The van der Waals surface area contributed by atoms with E-state index in [1.807, 2.05) is 30.3 Å². The molecule has 29 heavy (non-hydrogen) atoms. The van der Waals surface area contributed by atoms with E-state index in [0.29, 0.717) is 39.4 Å². The highest BCUT2D eigenvalue weighted by molar-refractivity contribution is 6.00. The van der Waals surface area contributed by atoms with Crippen molar-refractivity contribution in [1.29, 1.82) is 0 Å². The van der Waals surface area contributed by atoms with Crippen molar-refractivity contribution in [2.24, 2.45) is 0 Å². The molecule has 0 fully saturated rings. The maximum absolute atomic E-state index is 10.5. The van der Waals surface area contributed by atoms with E-state index >= 15 is 0 Å². The maximum atomic E-state index is 10.5. The molecule has 1 aromatic heterocycles. The average Bonchev–Trinajstić information content (AvgIpc) is 2.75. The van der Waals surface area contributed by atoms with Crippen molar-refractivity contribution < 1.29 is 29.2 Å². The van der Waals surface area contributed by atoms with Crippen LogP contribution in [0.3, 0.4) is 0 Å². The third kappa shape index (κ3) is 3.14. The maximum Gasteiger partial charge on any atom is 0.402 e. The van der Waals surface area contributed by atoms with Gasteiger partial charge in [-0.1, -0.05) is 30.3 Å². The zero-order valence-electron chi connectivity index (χ0n) is 15.8. The van der Waals surface area contributed by atoms with Crippen LogP contribution in [0, 0.1) is 0 Å². The minimum absolute atomic E-state index is 0.0151. The van der Waals surface area contributed by atoms with Gasteiger partial charge in [0.25, 0.3) is 0 Å². The number of methoxy groups -OCH3 is 2. The van der Waals surface area contributed by atoms with Gasteiger partial charge in [-0.15, -0.1) is 0 Å². The Morgan fingerprint density at radius 3 is 2.07 bits per heavy atom. The molecule has 4 rings (SSSR count). The molecule has 0 radical (unpaired) electrons. The van der Waals surface area contributed by atoms with Gasteiger partial charge in [-0.25, -0.2) is 4.42 Å². The lowest BCUT2D eigenvalue weighted by molar-refractivity contribution is 0.397. The van der Waals surface area contributed by atoms with E-state index in [1.165, 1.54) is 32.4 Å². The van der Waals surface area contributed by atoms with E-state index in [0.717, 1.165) is 5.56 Å². The molecule has 0 atom stereocenters. The highest BCUT2D eigenvalue weighted by Crippen LogP contribution is 2.46. The van der Waals surface area contributed by atoms with Crippen molar-refractivity contribution in [3.8, 4) is 51.2 Å². The van der Waals surface area contributed by atoms with E-state index in [-0.39, 0.29) is 17.2 Å². The van der Waals surface area contributed by atoms with E-state index in [9.17, 15) is 15.3 Å². The Labute approximate surface area is 166 Å². The van der Waals surface area contributed by atoms with Gasteiger partial charge in [-0.05, 0) is 17.7 Å². The topological polar surface area (TPSA) is 90.5 Å². The van der Waals surface area contributed by atoms with E-state index in [1.54, 1.807) is 12.1 Å². The van der Waals surface area contributed by atoms with Crippen molar-refractivity contribution >= 4 is 11.0 Å². The smallest absolute Gasteiger partial charge is 0.402 e. The number of phenolic OH excluding ortho intramolecular Hbond substituents is 3. The first-order chi connectivity index (χ1) is 14.0. The molecule has 6 nitrogen and oxygen atoms in total. The normalized spacial score (nSPS) is 10.8. The van der Waals surface area contributed by atoms with Crippen molar-refractivity contribution in [3.63, 3.8) is 0 Å². The van der Waals surface area contributed by atoms with Gasteiger partial charge in [0, 0.05) is 18.2 Å². The molecule has 0 unspecified atom stereocenters. The number of benzene rings is 3. The first-order valence-corrected chi connectivity index (χ1v) is 8.86. The fraction of sp³-hybridized carbons (Fsp3) is 0.0870. The lowest BCUT2D eigenvalue weighted by atomic mass is 10.00. The second-order valence-electron chi connectivity index (χ2n) is 6.43. The summed E-state index contributed by atoms with van der Waals surface area (Å²) in [5, 5.41) is 30.5. The molecule has 1 heterocycles. The second kappa shape index (κ2) is 7.24. The van der Waals surface area contributed by atoms with Crippen molar-refractivity contribution in [2.75, 3.05) is 14.2 Å². The largest absolute Gasteiger partial charge is 0.507 e. The van der Waals surface area contributed by atoms with Gasteiger partial charge < -0.3 is 24.8 Å². The van der Waals surface area contributed by atoms with Crippen LogP contribution in [0.25, 0.3) is 33.4 Å². The minimum atomic E-state index is -0.281. The Hall–Kier alpha value is -3.93. The zero-order valence-corrected chi connectivity index (χ0v) is 15.8. The van der Waals surface area contributed by atoms with Crippen molar-refractivity contribution in [3.05, 3.63) is 60.7 Å². The van der Waals surface area contributed by atoms with Gasteiger partial charge in [0.05, 0.1) is 19.8 Å². The van der Waals surface area contributed by atoms with Gasteiger partial charge in [0.1, 0.15) is 22.4 Å². The SMILES string of the molecule is COc1cc2c(O)cc(OC)c(-c3ccccc3)c2[o+]c1-c1ccc(O)c(O)c1. The molecule has 0 saturated carbocycles. The molecule has 0 amide bonds. The molecule has 0 spiro atoms. The lowest BCUT2D eigenvalue weighted by Crippen LogP contribution is -1.94. The number of hydrogen-bond donors (Lipinski definition) is 3. The number of fused-ring (bicyclic) bond motifs is 1. The molecule has 0 aliphatic heterocycles. The number of phenols is 3. The Balaban J connectivity index is 2.10. The molecule has 146 valence electrons. The van der Waals surface area contributed by atoms with E-state index in [4.69, 9.17) is 13.9 Å².